The van der Waals surface area contributed by atoms with Gasteiger partial charge in [-0.2, -0.15) is 0 Å². The zero-order valence-corrected chi connectivity index (χ0v) is 15.9. The highest BCUT2D eigenvalue weighted by Crippen LogP contribution is 2.12. The molecule has 6 nitrogen and oxygen atoms in total. The maximum absolute atomic E-state index is 12.3. The van der Waals surface area contributed by atoms with Gasteiger partial charge in [-0.25, -0.2) is 0 Å². The van der Waals surface area contributed by atoms with E-state index < -0.39 is 0 Å². The van der Waals surface area contributed by atoms with Crippen molar-refractivity contribution in [3.63, 3.8) is 0 Å². The van der Waals surface area contributed by atoms with Crippen LogP contribution in [0.25, 0.3) is 0 Å². The number of nitrogens with zero attached hydrogens (tertiary/aromatic N) is 3. The highest BCUT2D eigenvalue weighted by Gasteiger charge is 2.19. The highest BCUT2D eigenvalue weighted by atomic mass is 16.2. The number of rotatable bonds is 6. The first-order valence-corrected chi connectivity index (χ1v) is 9.27. The van der Waals surface area contributed by atoms with Gasteiger partial charge in [0, 0.05) is 50.2 Å². The number of hydrogen-bond donors (Lipinski definition) is 1. The van der Waals surface area contributed by atoms with Gasteiger partial charge in [0.15, 0.2) is 5.78 Å². The van der Waals surface area contributed by atoms with Crippen molar-refractivity contribution in [3.05, 3.63) is 59.4 Å². The Balaban J connectivity index is 1.44. The first kappa shape index (κ1) is 19.2. The standard InChI is InChI=1S/C21H26N4O2/c1-16-4-3-9-22-20(16)14-24-10-12-25(13-11-24)15-21(27)23-19-7-5-18(6-8-19)17(2)26/h3-9H,10-15H2,1-2H3,(H,23,27). The minimum Gasteiger partial charge on any atom is -0.325 e. The van der Waals surface area contributed by atoms with Crippen molar-refractivity contribution in [2.45, 2.75) is 20.4 Å². The minimum atomic E-state index is -0.0282. The number of ketones is 1. The Labute approximate surface area is 160 Å². The third kappa shape index (κ3) is 5.45. The van der Waals surface area contributed by atoms with Crippen molar-refractivity contribution in [1.29, 1.82) is 0 Å². The quantitative estimate of drug-likeness (QED) is 0.795. The predicted molar refractivity (Wildman–Crippen MR) is 106 cm³/mol. The number of carbonyl (C=O) groups excluding carboxylic acids is 2. The first-order chi connectivity index (χ1) is 13.0. The summed E-state index contributed by atoms with van der Waals surface area (Å²) in [4.78, 5) is 32.6. The lowest BCUT2D eigenvalue weighted by molar-refractivity contribution is -0.117. The van der Waals surface area contributed by atoms with E-state index in [-0.39, 0.29) is 11.7 Å². The summed E-state index contributed by atoms with van der Waals surface area (Å²) in [5.41, 5.74) is 3.70. The number of amides is 1. The van der Waals surface area contributed by atoms with Gasteiger partial charge < -0.3 is 5.32 Å². The van der Waals surface area contributed by atoms with Gasteiger partial charge in [-0.1, -0.05) is 6.07 Å². The van der Waals surface area contributed by atoms with Crippen LogP contribution in [0.1, 0.15) is 28.5 Å². The number of anilines is 1. The van der Waals surface area contributed by atoms with Crippen molar-refractivity contribution in [1.82, 2.24) is 14.8 Å². The van der Waals surface area contributed by atoms with Crippen LogP contribution in [0.4, 0.5) is 5.69 Å². The van der Waals surface area contributed by atoms with Crippen LogP contribution < -0.4 is 5.32 Å². The molecule has 0 atom stereocenters. The molecule has 0 radical (unpaired) electrons. The first-order valence-electron chi connectivity index (χ1n) is 9.27. The molecule has 1 N–H and O–H groups in total. The average molecular weight is 366 g/mol. The monoisotopic (exact) mass is 366 g/mol. The summed E-state index contributed by atoms with van der Waals surface area (Å²) in [6.07, 6.45) is 1.84. The largest absolute Gasteiger partial charge is 0.325 e. The maximum atomic E-state index is 12.3. The van der Waals surface area contributed by atoms with Gasteiger partial charge in [0.1, 0.15) is 0 Å². The molecule has 0 saturated carbocycles. The van der Waals surface area contributed by atoms with Crippen LogP contribution in [0.3, 0.4) is 0 Å². The molecule has 27 heavy (non-hydrogen) atoms. The van der Waals surface area contributed by atoms with E-state index >= 15 is 0 Å². The molecule has 1 amide bonds. The fraction of sp³-hybridized carbons (Fsp3) is 0.381. The molecular weight excluding hydrogens is 340 g/mol. The van der Waals surface area contributed by atoms with Crippen LogP contribution in [0.5, 0.6) is 0 Å². The molecule has 1 aromatic carbocycles. The highest BCUT2D eigenvalue weighted by molar-refractivity contribution is 5.96. The number of Topliss-reactive ketones (excluding diaryl/α,β-unsaturated/α-hetero) is 1. The second kappa shape index (κ2) is 8.88. The number of nitrogens with one attached hydrogen (secondary N) is 1. The van der Waals surface area contributed by atoms with Crippen LogP contribution in [0.15, 0.2) is 42.6 Å². The van der Waals surface area contributed by atoms with E-state index in [4.69, 9.17) is 0 Å². The Morgan fingerprint density at radius 1 is 1.04 bits per heavy atom. The molecule has 2 heterocycles. The molecule has 1 aromatic heterocycles. The lowest BCUT2D eigenvalue weighted by Gasteiger charge is -2.34. The number of aromatic nitrogens is 1. The molecule has 2 aromatic rings. The molecule has 1 saturated heterocycles. The number of benzene rings is 1. The summed E-state index contributed by atoms with van der Waals surface area (Å²) in [5.74, 6) is -0.00811. The molecule has 1 aliphatic heterocycles. The fourth-order valence-electron chi connectivity index (χ4n) is 3.19. The van der Waals surface area contributed by atoms with E-state index in [2.05, 4.69) is 33.1 Å². The third-order valence-electron chi connectivity index (χ3n) is 4.90. The number of carbonyl (C=O) groups is 2. The van der Waals surface area contributed by atoms with Crippen LogP contribution in [-0.2, 0) is 11.3 Å². The SMILES string of the molecule is CC(=O)c1ccc(NC(=O)CN2CCN(Cc3ncccc3C)CC2)cc1. The molecule has 3 rings (SSSR count). The van der Waals surface area contributed by atoms with Crippen molar-refractivity contribution < 1.29 is 9.59 Å². The Hall–Kier alpha value is -2.57. The second-order valence-electron chi connectivity index (χ2n) is 7.00. The van der Waals surface area contributed by atoms with E-state index in [1.807, 2.05) is 12.3 Å². The number of pyridine rings is 1. The maximum Gasteiger partial charge on any atom is 0.238 e. The van der Waals surface area contributed by atoms with Gasteiger partial charge in [-0.3, -0.25) is 24.4 Å². The van der Waals surface area contributed by atoms with Crippen molar-refractivity contribution in [2.24, 2.45) is 0 Å². The molecule has 0 aliphatic carbocycles. The molecule has 0 spiro atoms. The minimum absolute atomic E-state index is 0.0200. The summed E-state index contributed by atoms with van der Waals surface area (Å²) in [6.45, 7) is 8.44. The Morgan fingerprint density at radius 2 is 1.70 bits per heavy atom. The predicted octanol–water partition coefficient (Wildman–Crippen LogP) is 2.35. The molecular formula is C21H26N4O2. The zero-order valence-electron chi connectivity index (χ0n) is 15.9. The van der Waals surface area contributed by atoms with Crippen LogP contribution in [0, 0.1) is 6.92 Å². The summed E-state index contributed by atoms with van der Waals surface area (Å²) in [5, 5.41) is 2.90. The molecule has 142 valence electrons. The van der Waals surface area contributed by atoms with Gasteiger partial charge in [-0.15, -0.1) is 0 Å². The van der Waals surface area contributed by atoms with Crippen molar-refractivity contribution >= 4 is 17.4 Å². The Morgan fingerprint density at radius 3 is 2.33 bits per heavy atom. The summed E-state index contributed by atoms with van der Waals surface area (Å²) < 4.78 is 0. The van der Waals surface area contributed by atoms with Gasteiger partial charge >= 0.3 is 0 Å². The Bertz CT molecular complexity index is 796. The Kier molecular flexibility index (Phi) is 6.32. The lowest BCUT2D eigenvalue weighted by Crippen LogP contribution is -2.48. The van der Waals surface area contributed by atoms with E-state index in [0.29, 0.717) is 17.8 Å². The molecule has 0 bridgehead atoms. The van der Waals surface area contributed by atoms with E-state index in [1.54, 1.807) is 24.3 Å². The summed E-state index contributed by atoms with van der Waals surface area (Å²) in [6, 6.07) is 11.0. The van der Waals surface area contributed by atoms with Crippen LogP contribution in [0.2, 0.25) is 0 Å². The fourth-order valence-corrected chi connectivity index (χ4v) is 3.19. The van der Waals surface area contributed by atoms with E-state index in [9.17, 15) is 9.59 Å². The molecule has 0 unspecified atom stereocenters. The number of piperazine rings is 1. The topological polar surface area (TPSA) is 65.5 Å². The van der Waals surface area contributed by atoms with Crippen molar-refractivity contribution in [3.8, 4) is 0 Å². The number of hydrogen-bond acceptors (Lipinski definition) is 5. The molecule has 6 heteroatoms. The van der Waals surface area contributed by atoms with Gasteiger partial charge in [0.05, 0.1) is 12.2 Å². The average Bonchev–Trinajstić information content (AvgIpc) is 2.65. The van der Waals surface area contributed by atoms with Crippen LogP contribution in [-0.4, -0.2) is 59.2 Å². The third-order valence-corrected chi connectivity index (χ3v) is 4.90. The zero-order chi connectivity index (χ0) is 19.2. The lowest BCUT2D eigenvalue weighted by atomic mass is 10.1. The number of aryl methyl sites for hydroxylation is 1. The van der Waals surface area contributed by atoms with Gasteiger partial charge in [0.2, 0.25) is 5.91 Å². The van der Waals surface area contributed by atoms with Crippen molar-refractivity contribution in [2.75, 3.05) is 38.0 Å². The second-order valence-corrected chi connectivity index (χ2v) is 7.00. The normalized spacial score (nSPS) is 15.5. The van der Waals surface area contributed by atoms with Gasteiger partial charge in [0.25, 0.3) is 0 Å². The van der Waals surface area contributed by atoms with Gasteiger partial charge in [-0.05, 0) is 49.7 Å². The van der Waals surface area contributed by atoms with E-state index in [1.165, 1.54) is 12.5 Å². The van der Waals surface area contributed by atoms with Crippen LogP contribution >= 0.6 is 0 Å². The van der Waals surface area contributed by atoms with E-state index in [0.717, 1.165) is 38.4 Å². The smallest absolute Gasteiger partial charge is 0.238 e. The summed E-state index contributed by atoms with van der Waals surface area (Å²) in [7, 11) is 0. The molecule has 1 aliphatic rings. The molecule has 1 fully saturated rings. The summed E-state index contributed by atoms with van der Waals surface area (Å²) >= 11 is 0.